The highest BCUT2D eigenvalue weighted by atomic mass is 19.4. The molecule has 0 radical (unpaired) electrons. The molecule has 5 aromatic rings. The van der Waals surface area contributed by atoms with Crippen molar-refractivity contribution in [2.75, 3.05) is 44.0 Å². The molecule has 3 amide bonds. The normalized spacial score (nSPS) is 20.9. The summed E-state index contributed by atoms with van der Waals surface area (Å²) in [6.07, 6.45) is 5.45. The van der Waals surface area contributed by atoms with Crippen molar-refractivity contribution in [3.05, 3.63) is 70.8 Å². The highest BCUT2D eigenvalue weighted by Crippen LogP contribution is 2.37. The van der Waals surface area contributed by atoms with E-state index in [0.717, 1.165) is 87.1 Å². The number of benzene rings is 2. The Morgan fingerprint density at radius 3 is 2.41 bits per heavy atom. The number of imidazole rings is 1. The lowest BCUT2D eigenvalue weighted by atomic mass is 9.85. The maximum absolute atomic E-state index is 13.4. The second kappa shape index (κ2) is 15.5. The number of methoxy groups -OCH3 is 1. The van der Waals surface area contributed by atoms with Gasteiger partial charge in [0.05, 0.1) is 46.6 Å². The number of ether oxygens (including phenoxy) is 1. The maximum Gasteiger partial charge on any atom is 0.451 e. The highest BCUT2D eigenvalue weighted by Gasteiger charge is 2.35. The summed E-state index contributed by atoms with van der Waals surface area (Å²) in [4.78, 5) is 62.2. The molecule has 0 spiro atoms. The first-order valence-corrected chi connectivity index (χ1v) is 19.5. The quantitative estimate of drug-likeness (QED) is 0.193. The summed E-state index contributed by atoms with van der Waals surface area (Å²) in [5.41, 5.74) is 3.12. The zero-order valence-electron chi connectivity index (χ0n) is 32.5. The van der Waals surface area contributed by atoms with Gasteiger partial charge in [0.2, 0.25) is 17.6 Å². The molecule has 2 aromatic carbocycles. The van der Waals surface area contributed by atoms with Gasteiger partial charge < -0.3 is 19.9 Å². The Kier molecular flexibility index (Phi) is 10.5. The molecule has 3 fully saturated rings. The molecule has 2 saturated heterocycles. The van der Waals surface area contributed by atoms with Gasteiger partial charge in [-0.2, -0.15) is 18.3 Å². The summed E-state index contributed by atoms with van der Waals surface area (Å²) in [7, 11) is 5.42. The molecule has 2 aliphatic heterocycles. The first-order valence-electron chi connectivity index (χ1n) is 19.5. The van der Waals surface area contributed by atoms with Crippen LogP contribution in [0.3, 0.4) is 0 Å². The van der Waals surface area contributed by atoms with Gasteiger partial charge in [0, 0.05) is 69.2 Å². The molecular weight excluding hydrogens is 757 g/mol. The number of alkyl halides is 3. The van der Waals surface area contributed by atoms with Crippen LogP contribution in [-0.2, 0) is 22.8 Å². The Balaban J connectivity index is 0.860. The van der Waals surface area contributed by atoms with Crippen LogP contribution >= 0.6 is 0 Å². The lowest BCUT2D eigenvalue weighted by molar-refractivity contribution is -0.145. The molecule has 2 N–H and O–H groups in total. The number of anilines is 2. The monoisotopic (exact) mass is 802 g/mol. The van der Waals surface area contributed by atoms with Crippen molar-refractivity contribution < 1.29 is 32.3 Å². The smallest absolute Gasteiger partial charge is 0.451 e. The predicted octanol–water partition coefficient (Wildman–Crippen LogP) is 5.07. The van der Waals surface area contributed by atoms with Crippen LogP contribution in [0, 0.1) is 5.92 Å². The van der Waals surface area contributed by atoms with Gasteiger partial charge in [0.15, 0.2) is 0 Å². The van der Waals surface area contributed by atoms with Gasteiger partial charge in [-0.25, -0.2) is 14.8 Å². The summed E-state index contributed by atoms with van der Waals surface area (Å²) in [5, 5.41) is 10.7. The second-order valence-electron chi connectivity index (χ2n) is 15.6. The highest BCUT2D eigenvalue weighted by molar-refractivity contribution is 6.06. The van der Waals surface area contributed by atoms with Crippen molar-refractivity contribution in [2.45, 2.75) is 75.7 Å². The Morgan fingerprint density at radius 1 is 1.02 bits per heavy atom. The minimum atomic E-state index is -4.71. The third kappa shape index (κ3) is 7.52. The number of para-hydroxylation sites is 1. The Labute approximate surface area is 331 Å². The fourth-order valence-corrected chi connectivity index (χ4v) is 8.91. The number of hydrogen-bond acceptors (Lipinski definition) is 10. The average Bonchev–Trinajstić information content (AvgIpc) is 3.74. The average molecular weight is 803 g/mol. The Hall–Kier alpha value is -5.78. The molecule has 3 aliphatic rings. The zero-order valence-corrected chi connectivity index (χ0v) is 32.5. The minimum Gasteiger partial charge on any atom is -0.494 e. The van der Waals surface area contributed by atoms with Crippen LogP contribution in [0.25, 0.3) is 21.9 Å². The fraction of sp³-hybridized carbons (Fsp3) is 0.475. The molecule has 18 heteroatoms. The predicted molar refractivity (Wildman–Crippen MR) is 209 cm³/mol. The standard InChI is InChI=1S/C40H45F3N10O5/c1-49(26-13-15-51(16-14-26)30-5-4-6-31-35(30)50(2)39(57)53(31)32-11-12-34(54)47-37(32)56)21-23-7-9-27(10-8-23)52-22-24-17-29(33(58-3)18-28(24)48-52)46-36(55)25-19-44-38(45-20-25)40(41,42)43/h4-6,17-20,22-23,26-27,32H,7-16,21H2,1-3H3,(H,46,55)(H,47,54,56)/t23-,27-,32?. The largest absolute Gasteiger partial charge is 0.494 e. The Bertz CT molecular complexity index is 2430. The second-order valence-corrected chi connectivity index (χ2v) is 15.6. The third-order valence-corrected chi connectivity index (χ3v) is 12.0. The first-order chi connectivity index (χ1) is 27.8. The van der Waals surface area contributed by atoms with Crippen LogP contribution in [-0.4, -0.2) is 91.3 Å². The number of hydrogen-bond donors (Lipinski definition) is 2. The number of fused-ring (bicyclic) bond motifs is 2. The van der Waals surface area contributed by atoms with Crippen LogP contribution < -0.4 is 26.0 Å². The van der Waals surface area contributed by atoms with E-state index in [1.807, 2.05) is 29.1 Å². The number of carbonyl (C=O) groups is 3. The molecule has 58 heavy (non-hydrogen) atoms. The molecule has 8 rings (SSSR count). The van der Waals surface area contributed by atoms with E-state index in [-0.39, 0.29) is 29.6 Å². The van der Waals surface area contributed by atoms with Crippen LogP contribution in [0.15, 0.2) is 53.7 Å². The van der Waals surface area contributed by atoms with E-state index in [1.165, 1.54) is 11.7 Å². The Morgan fingerprint density at radius 2 is 1.74 bits per heavy atom. The van der Waals surface area contributed by atoms with Gasteiger partial charge in [-0.3, -0.25) is 33.5 Å². The van der Waals surface area contributed by atoms with E-state index in [9.17, 15) is 32.3 Å². The minimum absolute atomic E-state index is 0.123. The number of carbonyl (C=O) groups excluding carboxylic acids is 3. The van der Waals surface area contributed by atoms with Crippen molar-refractivity contribution in [2.24, 2.45) is 13.0 Å². The lowest BCUT2D eigenvalue weighted by Gasteiger charge is -2.40. The molecule has 0 bridgehead atoms. The molecule has 306 valence electrons. The van der Waals surface area contributed by atoms with Gasteiger partial charge in [-0.1, -0.05) is 6.07 Å². The molecule has 1 unspecified atom stereocenters. The van der Waals surface area contributed by atoms with Gasteiger partial charge >= 0.3 is 11.9 Å². The summed E-state index contributed by atoms with van der Waals surface area (Å²) >= 11 is 0. The van der Waals surface area contributed by atoms with E-state index in [4.69, 9.17) is 9.84 Å². The lowest BCUT2D eigenvalue weighted by Crippen LogP contribution is -2.45. The van der Waals surface area contributed by atoms with Gasteiger partial charge in [0.1, 0.15) is 11.8 Å². The van der Waals surface area contributed by atoms with E-state index in [1.54, 1.807) is 23.7 Å². The van der Waals surface area contributed by atoms with E-state index >= 15 is 0 Å². The van der Waals surface area contributed by atoms with Crippen molar-refractivity contribution in [1.29, 1.82) is 0 Å². The zero-order chi connectivity index (χ0) is 40.9. The number of imide groups is 1. The molecule has 1 saturated carbocycles. The van der Waals surface area contributed by atoms with Crippen LogP contribution in [0.2, 0.25) is 0 Å². The summed E-state index contributed by atoms with van der Waals surface area (Å²) in [6.45, 7) is 2.68. The number of nitrogens with one attached hydrogen (secondary N) is 2. The molecular formula is C40H45F3N10O5. The van der Waals surface area contributed by atoms with Crippen LogP contribution in [0.1, 0.15) is 79.6 Å². The molecule has 5 heterocycles. The van der Waals surface area contributed by atoms with Crippen LogP contribution in [0.4, 0.5) is 24.5 Å². The van der Waals surface area contributed by atoms with Crippen molar-refractivity contribution in [1.82, 2.24) is 39.1 Å². The number of rotatable bonds is 9. The van der Waals surface area contributed by atoms with Crippen molar-refractivity contribution in [3.63, 3.8) is 0 Å². The molecule has 15 nitrogen and oxygen atoms in total. The topological polar surface area (TPSA) is 162 Å². The fourth-order valence-electron chi connectivity index (χ4n) is 8.91. The number of halogens is 3. The van der Waals surface area contributed by atoms with Gasteiger partial charge in [0.25, 0.3) is 5.91 Å². The number of aryl methyl sites for hydroxylation is 1. The SMILES string of the molecule is COc1cc2nn([C@H]3CC[C@H](CN(C)C4CCN(c5cccc6c5n(C)c(=O)n6C5CCC(=O)NC5=O)CC4)CC3)cc2cc1NC(=O)c1cnc(C(F)(F)F)nc1. The van der Waals surface area contributed by atoms with E-state index in [2.05, 4.69) is 37.4 Å². The third-order valence-electron chi connectivity index (χ3n) is 12.0. The van der Waals surface area contributed by atoms with Gasteiger partial charge in [-0.05, 0) is 76.1 Å². The van der Waals surface area contributed by atoms with Crippen LogP contribution in [0.5, 0.6) is 5.75 Å². The van der Waals surface area contributed by atoms with Crippen molar-refractivity contribution in [3.8, 4) is 5.75 Å². The number of piperidine rings is 2. The number of aromatic nitrogens is 6. The number of nitrogens with zero attached hydrogens (tertiary/aromatic N) is 8. The van der Waals surface area contributed by atoms with Gasteiger partial charge in [-0.15, -0.1) is 0 Å². The summed E-state index contributed by atoms with van der Waals surface area (Å²) in [6, 6.07) is 9.24. The first kappa shape index (κ1) is 39.1. The summed E-state index contributed by atoms with van der Waals surface area (Å²) in [5.74, 6) is -1.83. The summed E-state index contributed by atoms with van der Waals surface area (Å²) < 4.78 is 49.3. The van der Waals surface area contributed by atoms with E-state index in [0.29, 0.717) is 40.9 Å². The molecule has 1 aliphatic carbocycles. The molecule has 1 atom stereocenters. The van der Waals surface area contributed by atoms with E-state index < -0.39 is 29.9 Å². The van der Waals surface area contributed by atoms with Crippen molar-refractivity contribution >= 4 is 51.0 Å². The maximum atomic E-state index is 13.4. The molecule has 3 aromatic heterocycles. The number of amides is 3.